The number of furan rings is 1. The Labute approximate surface area is 191 Å². The maximum Gasteiger partial charge on any atom is 0.290 e. The van der Waals surface area contributed by atoms with Crippen molar-refractivity contribution in [1.29, 1.82) is 0 Å². The Morgan fingerprint density at radius 1 is 1.06 bits per heavy atom. The summed E-state index contributed by atoms with van der Waals surface area (Å²) in [6, 6.07) is 16.7. The van der Waals surface area contributed by atoms with Gasteiger partial charge in [-0.25, -0.2) is 0 Å². The van der Waals surface area contributed by atoms with Gasteiger partial charge < -0.3 is 14.4 Å². The maximum absolute atomic E-state index is 13.5. The molecule has 0 fully saturated rings. The second-order valence-electron chi connectivity index (χ2n) is 7.30. The Bertz CT molecular complexity index is 1370. The van der Waals surface area contributed by atoms with Gasteiger partial charge in [0.15, 0.2) is 11.5 Å². The minimum Gasteiger partial charge on any atom is -0.503 e. The topological polar surface area (TPSA) is 96.5 Å². The van der Waals surface area contributed by atoms with Gasteiger partial charge in [-0.1, -0.05) is 28.1 Å². The third-order valence-electron chi connectivity index (χ3n) is 5.28. The van der Waals surface area contributed by atoms with Gasteiger partial charge in [0.25, 0.3) is 5.91 Å². The van der Waals surface area contributed by atoms with Crippen LogP contribution < -0.4 is 0 Å². The zero-order chi connectivity index (χ0) is 22.2. The van der Waals surface area contributed by atoms with Crippen LogP contribution in [0.4, 0.5) is 0 Å². The number of pyridine rings is 2. The third kappa shape index (κ3) is 3.48. The standard InChI is InChI=1S/C24H16BrN3O4/c25-15-7-8-18-14(11-15)12-19(32-18)22(29)20-21(17-6-2-4-10-27-17)28(24(31)23(20)30)13-16-5-1-3-9-26-16/h1-12,21,30H,13H2. The van der Waals surface area contributed by atoms with Crippen molar-refractivity contribution in [3.8, 4) is 0 Å². The molecule has 1 N–H and O–H groups in total. The SMILES string of the molecule is O=C(C1=C(O)C(=O)N(Cc2ccccn2)C1c1ccccn1)c1cc2cc(Br)ccc2o1. The van der Waals surface area contributed by atoms with E-state index in [2.05, 4.69) is 25.9 Å². The number of halogens is 1. The monoisotopic (exact) mass is 489 g/mol. The van der Waals surface area contributed by atoms with Gasteiger partial charge in [-0.2, -0.15) is 0 Å². The van der Waals surface area contributed by atoms with E-state index in [-0.39, 0.29) is 17.9 Å². The van der Waals surface area contributed by atoms with E-state index in [0.717, 1.165) is 9.86 Å². The zero-order valence-corrected chi connectivity index (χ0v) is 18.2. The van der Waals surface area contributed by atoms with Gasteiger partial charge in [-0.3, -0.25) is 19.6 Å². The number of aliphatic hydroxyl groups is 1. The van der Waals surface area contributed by atoms with Crippen LogP contribution in [0.2, 0.25) is 0 Å². The number of carbonyl (C=O) groups excluding carboxylic acids is 2. The second kappa shape index (κ2) is 8.05. The molecule has 0 spiro atoms. The molecule has 4 heterocycles. The number of amides is 1. The highest BCUT2D eigenvalue weighted by molar-refractivity contribution is 9.10. The first-order valence-corrected chi connectivity index (χ1v) is 10.6. The summed E-state index contributed by atoms with van der Waals surface area (Å²) in [6.07, 6.45) is 3.20. The highest BCUT2D eigenvalue weighted by Crippen LogP contribution is 2.39. The summed E-state index contributed by atoms with van der Waals surface area (Å²) in [6.45, 7) is 0.106. The van der Waals surface area contributed by atoms with Crippen LogP contribution in [-0.4, -0.2) is 31.7 Å². The molecule has 158 valence electrons. The zero-order valence-electron chi connectivity index (χ0n) is 16.6. The van der Waals surface area contributed by atoms with Gasteiger partial charge in [0.1, 0.15) is 11.6 Å². The van der Waals surface area contributed by atoms with Crippen molar-refractivity contribution in [2.24, 2.45) is 0 Å². The number of benzene rings is 1. The lowest BCUT2D eigenvalue weighted by molar-refractivity contribution is -0.130. The van der Waals surface area contributed by atoms with Gasteiger partial charge in [0.05, 0.1) is 23.5 Å². The minimum atomic E-state index is -0.877. The van der Waals surface area contributed by atoms with E-state index in [0.29, 0.717) is 17.0 Å². The van der Waals surface area contributed by atoms with Crippen molar-refractivity contribution in [1.82, 2.24) is 14.9 Å². The van der Waals surface area contributed by atoms with Gasteiger partial charge >= 0.3 is 0 Å². The molecule has 1 aliphatic rings. The molecule has 0 saturated heterocycles. The molecule has 0 saturated carbocycles. The lowest BCUT2D eigenvalue weighted by Gasteiger charge is -2.25. The fourth-order valence-corrected chi connectivity index (χ4v) is 4.20. The average molecular weight is 490 g/mol. The number of fused-ring (bicyclic) bond motifs is 1. The van der Waals surface area contributed by atoms with E-state index in [4.69, 9.17) is 4.42 Å². The number of aromatic nitrogens is 2. The summed E-state index contributed by atoms with van der Waals surface area (Å²) in [7, 11) is 0. The highest BCUT2D eigenvalue weighted by atomic mass is 79.9. The number of carbonyl (C=O) groups is 2. The van der Waals surface area contributed by atoms with Gasteiger partial charge in [-0.05, 0) is 48.5 Å². The fourth-order valence-electron chi connectivity index (χ4n) is 3.82. The van der Waals surface area contributed by atoms with E-state index in [1.165, 1.54) is 4.90 Å². The molecule has 3 aromatic heterocycles. The van der Waals surface area contributed by atoms with Crippen LogP contribution in [0.5, 0.6) is 0 Å². The van der Waals surface area contributed by atoms with Crippen molar-refractivity contribution in [3.63, 3.8) is 0 Å². The van der Waals surface area contributed by atoms with E-state index in [1.54, 1.807) is 60.9 Å². The number of aliphatic hydroxyl groups excluding tert-OH is 1. The van der Waals surface area contributed by atoms with Gasteiger partial charge in [-0.15, -0.1) is 0 Å². The van der Waals surface area contributed by atoms with Crippen LogP contribution in [0, 0.1) is 0 Å². The number of rotatable bonds is 5. The van der Waals surface area contributed by atoms with Crippen LogP contribution in [-0.2, 0) is 11.3 Å². The second-order valence-corrected chi connectivity index (χ2v) is 8.21. The van der Waals surface area contributed by atoms with Crippen molar-refractivity contribution >= 4 is 38.6 Å². The fraction of sp³-hybridized carbons (Fsp3) is 0.0833. The molecule has 8 heteroatoms. The average Bonchev–Trinajstić information content (AvgIpc) is 3.34. The molecule has 0 radical (unpaired) electrons. The summed E-state index contributed by atoms with van der Waals surface area (Å²) in [5.74, 6) is -1.80. The largest absolute Gasteiger partial charge is 0.503 e. The first kappa shape index (κ1) is 20.1. The van der Waals surface area contributed by atoms with Crippen molar-refractivity contribution in [2.75, 3.05) is 0 Å². The Morgan fingerprint density at radius 2 is 1.84 bits per heavy atom. The first-order valence-electron chi connectivity index (χ1n) is 9.81. The number of Topliss-reactive ketones (excluding diaryl/α,β-unsaturated/α-hetero) is 1. The van der Waals surface area contributed by atoms with E-state index in [1.807, 2.05) is 12.1 Å². The number of nitrogens with zero attached hydrogens (tertiary/aromatic N) is 3. The minimum absolute atomic E-state index is 0.0352. The highest BCUT2D eigenvalue weighted by Gasteiger charge is 2.45. The van der Waals surface area contributed by atoms with Crippen molar-refractivity contribution < 1.29 is 19.1 Å². The summed E-state index contributed by atoms with van der Waals surface area (Å²) < 4.78 is 6.58. The smallest absolute Gasteiger partial charge is 0.290 e. The molecular formula is C24H16BrN3O4. The Morgan fingerprint density at radius 3 is 2.56 bits per heavy atom. The molecule has 0 aliphatic carbocycles. The summed E-state index contributed by atoms with van der Waals surface area (Å²) in [4.78, 5) is 36.5. The summed E-state index contributed by atoms with van der Waals surface area (Å²) in [5.41, 5.74) is 1.54. The number of hydrogen-bond acceptors (Lipinski definition) is 6. The number of ketones is 1. The molecule has 7 nitrogen and oxygen atoms in total. The van der Waals surface area contributed by atoms with Crippen LogP contribution >= 0.6 is 15.9 Å². The van der Waals surface area contributed by atoms with Crippen LogP contribution in [0.3, 0.4) is 0 Å². The van der Waals surface area contributed by atoms with Crippen molar-refractivity contribution in [2.45, 2.75) is 12.6 Å². The molecule has 1 atom stereocenters. The van der Waals surface area contributed by atoms with Crippen LogP contribution in [0.15, 0.2) is 93.3 Å². The van der Waals surface area contributed by atoms with Gasteiger partial charge in [0, 0.05) is 22.3 Å². The first-order chi connectivity index (χ1) is 15.5. The Balaban J connectivity index is 1.59. The molecule has 0 bridgehead atoms. The summed E-state index contributed by atoms with van der Waals surface area (Å²) in [5, 5.41) is 11.5. The molecule has 32 heavy (non-hydrogen) atoms. The van der Waals surface area contributed by atoms with Gasteiger partial charge in [0.2, 0.25) is 5.78 Å². The molecule has 1 aromatic carbocycles. The number of hydrogen-bond donors (Lipinski definition) is 1. The van der Waals surface area contributed by atoms with Crippen LogP contribution in [0.25, 0.3) is 11.0 Å². The lowest BCUT2D eigenvalue weighted by atomic mass is 9.98. The predicted octanol–water partition coefficient (Wildman–Crippen LogP) is 4.76. The van der Waals surface area contributed by atoms with E-state index >= 15 is 0 Å². The molecule has 4 aromatic rings. The maximum atomic E-state index is 13.5. The third-order valence-corrected chi connectivity index (χ3v) is 5.77. The quantitative estimate of drug-likeness (QED) is 0.405. The lowest BCUT2D eigenvalue weighted by Crippen LogP contribution is -2.31. The summed E-state index contributed by atoms with van der Waals surface area (Å²) >= 11 is 3.40. The van der Waals surface area contributed by atoms with E-state index < -0.39 is 23.5 Å². The molecule has 1 aliphatic heterocycles. The predicted molar refractivity (Wildman–Crippen MR) is 120 cm³/mol. The van der Waals surface area contributed by atoms with Crippen molar-refractivity contribution in [3.05, 3.63) is 106 Å². The van der Waals surface area contributed by atoms with Crippen LogP contribution in [0.1, 0.15) is 28.0 Å². The molecule has 5 rings (SSSR count). The molecule has 1 unspecified atom stereocenters. The molecule has 1 amide bonds. The van der Waals surface area contributed by atoms with E-state index in [9.17, 15) is 14.7 Å². The molecular weight excluding hydrogens is 474 g/mol. The Hall–Kier alpha value is -3.78. The normalized spacial score (nSPS) is 16.2. The Kier molecular flexibility index (Phi) is 5.07.